The maximum atomic E-state index is 13.0. The smallest absolute Gasteiger partial charge is 0.237 e. The highest BCUT2D eigenvalue weighted by Crippen LogP contribution is 2.29. The molecule has 0 bridgehead atoms. The number of aromatic nitrogens is 5. The number of carbonyl (C=O) groups is 1. The zero-order chi connectivity index (χ0) is 20.7. The van der Waals surface area contributed by atoms with E-state index >= 15 is 0 Å². The van der Waals surface area contributed by atoms with Gasteiger partial charge in [0.25, 0.3) is 0 Å². The van der Waals surface area contributed by atoms with Crippen LogP contribution in [0, 0.1) is 0 Å². The van der Waals surface area contributed by atoms with Gasteiger partial charge in [-0.05, 0) is 24.3 Å². The monoisotopic (exact) mass is 437 g/mol. The van der Waals surface area contributed by atoms with Gasteiger partial charge in [-0.3, -0.25) is 9.78 Å². The van der Waals surface area contributed by atoms with E-state index in [4.69, 9.17) is 27.9 Å². The third-order valence-electron chi connectivity index (χ3n) is 4.69. The van der Waals surface area contributed by atoms with E-state index in [1.807, 2.05) is 12.1 Å². The van der Waals surface area contributed by atoms with Gasteiger partial charge in [0.15, 0.2) is 5.78 Å². The van der Waals surface area contributed by atoms with Gasteiger partial charge in [0.1, 0.15) is 5.75 Å². The highest BCUT2D eigenvalue weighted by molar-refractivity contribution is 6.42. The second kappa shape index (κ2) is 7.44. The van der Waals surface area contributed by atoms with Gasteiger partial charge in [-0.15, -0.1) is 0 Å². The first kappa shape index (κ1) is 18.6. The third kappa shape index (κ3) is 3.38. The SMILES string of the molecule is O=C(Cn1cnc2cc(Cl)c(Cl)cc21)c1c[nH]c2cc(Oc3cnccn3)ccc12. The van der Waals surface area contributed by atoms with E-state index in [0.717, 1.165) is 16.4 Å². The van der Waals surface area contributed by atoms with Crippen LogP contribution in [0.15, 0.2) is 61.4 Å². The Hall–Kier alpha value is -3.42. The van der Waals surface area contributed by atoms with Gasteiger partial charge in [-0.25, -0.2) is 9.97 Å². The number of halogens is 2. The molecule has 0 saturated heterocycles. The number of nitrogens with zero attached hydrogens (tertiary/aromatic N) is 4. The topological polar surface area (TPSA) is 85.7 Å². The number of ketones is 1. The van der Waals surface area contributed by atoms with Crippen molar-refractivity contribution in [2.24, 2.45) is 0 Å². The van der Waals surface area contributed by atoms with E-state index in [0.29, 0.717) is 32.8 Å². The molecule has 0 unspecified atom stereocenters. The van der Waals surface area contributed by atoms with Crippen molar-refractivity contribution < 1.29 is 9.53 Å². The second-order valence-corrected chi connectivity index (χ2v) is 7.42. The molecule has 0 aliphatic carbocycles. The van der Waals surface area contributed by atoms with Crippen molar-refractivity contribution in [3.63, 3.8) is 0 Å². The van der Waals surface area contributed by atoms with Crippen LogP contribution in [0.5, 0.6) is 11.6 Å². The van der Waals surface area contributed by atoms with Crippen molar-refractivity contribution in [3.8, 4) is 11.6 Å². The molecule has 5 aromatic rings. The van der Waals surface area contributed by atoms with Crippen LogP contribution in [-0.4, -0.2) is 30.3 Å². The van der Waals surface area contributed by atoms with E-state index in [9.17, 15) is 4.79 Å². The first-order chi connectivity index (χ1) is 14.6. The minimum absolute atomic E-state index is 0.0609. The molecule has 1 N–H and O–H groups in total. The van der Waals surface area contributed by atoms with Crippen LogP contribution in [0.1, 0.15) is 10.4 Å². The fraction of sp³-hybridized carbons (Fsp3) is 0.0476. The van der Waals surface area contributed by atoms with Crippen molar-refractivity contribution in [2.75, 3.05) is 0 Å². The molecule has 3 aromatic heterocycles. The molecule has 0 amide bonds. The molecule has 148 valence electrons. The fourth-order valence-corrected chi connectivity index (χ4v) is 3.59. The number of Topliss-reactive ketones (excluding diaryl/α,β-unsaturated/α-hetero) is 1. The summed E-state index contributed by atoms with van der Waals surface area (Å²) in [4.78, 5) is 28.5. The summed E-state index contributed by atoms with van der Waals surface area (Å²) in [6.45, 7) is 0.124. The third-order valence-corrected chi connectivity index (χ3v) is 5.41. The van der Waals surface area contributed by atoms with E-state index < -0.39 is 0 Å². The number of imidazole rings is 1. The summed E-state index contributed by atoms with van der Waals surface area (Å²) in [5, 5.41) is 1.65. The maximum absolute atomic E-state index is 13.0. The summed E-state index contributed by atoms with van der Waals surface area (Å²) < 4.78 is 7.45. The van der Waals surface area contributed by atoms with Crippen LogP contribution in [0.4, 0.5) is 0 Å². The fourth-order valence-electron chi connectivity index (χ4n) is 3.28. The Morgan fingerprint density at radius 2 is 1.97 bits per heavy atom. The standard InChI is InChI=1S/C21H13Cl2N5O2/c22-15-6-18-19(7-16(15)23)28(11-27-18)10-20(29)14-8-26-17-5-12(1-2-13(14)17)30-21-9-24-3-4-25-21/h1-9,11,26H,10H2. The molecule has 0 fully saturated rings. The van der Waals surface area contributed by atoms with Gasteiger partial charge in [-0.1, -0.05) is 23.2 Å². The van der Waals surface area contributed by atoms with Gasteiger partial charge >= 0.3 is 0 Å². The molecule has 9 heteroatoms. The van der Waals surface area contributed by atoms with Crippen molar-refractivity contribution >= 4 is 50.9 Å². The summed E-state index contributed by atoms with van der Waals surface area (Å²) in [7, 11) is 0. The molecule has 7 nitrogen and oxygen atoms in total. The quantitative estimate of drug-likeness (QED) is 0.377. The summed E-state index contributed by atoms with van der Waals surface area (Å²) in [6, 6.07) is 8.84. The summed E-state index contributed by atoms with van der Waals surface area (Å²) in [6.07, 6.45) is 7.97. The number of hydrogen-bond donors (Lipinski definition) is 1. The molecule has 30 heavy (non-hydrogen) atoms. The normalized spacial score (nSPS) is 11.3. The number of ether oxygens (including phenoxy) is 1. The Morgan fingerprint density at radius 3 is 2.80 bits per heavy atom. The molecule has 0 saturated carbocycles. The first-order valence-electron chi connectivity index (χ1n) is 8.96. The maximum Gasteiger partial charge on any atom is 0.237 e. The van der Waals surface area contributed by atoms with Gasteiger partial charge in [-0.2, -0.15) is 0 Å². The number of rotatable bonds is 5. The molecule has 0 aliphatic rings. The summed E-state index contributed by atoms with van der Waals surface area (Å²) >= 11 is 12.2. The van der Waals surface area contributed by atoms with E-state index in [-0.39, 0.29) is 12.3 Å². The Bertz CT molecular complexity index is 1400. The van der Waals surface area contributed by atoms with Gasteiger partial charge in [0.05, 0.1) is 40.1 Å². The Kier molecular flexibility index (Phi) is 4.61. The molecule has 0 spiro atoms. The lowest BCUT2D eigenvalue weighted by molar-refractivity contribution is 0.0975. The lowest BCUT2D eigenvalue weighted by Crippen LogP contribution is -2.09. The van der Waals surface area contributed by atoms with E-state index in [1.54, 1.807) is 47.7 Å². The van der Waals surface area contributed by atoms with Crippen molar-refractivity contribution in [3.05, 3.63) is 77.1 Å². The highest BCUT2D eigenvalue weighted by atomic mass is 35.5. The molecule has 0 atom stereocenters. The van der Waals surface area contributed by atoms with Crippen LogP contribution < -0.4 is 4.74 Å². The van der Waals surface area contributed by atoms with Gasteiger partial charge in [0, 0.05) is 41.1 Å². The van der Waals surface area contributed by atoms with E-state index in [1.165, 1.54) is 6.20 Å². The molecule has 0 aliphatic heterocycles. The Morgan fingerprint density at radius 1 is 1.10 bits per heavy atom. The number of carbonyl (C=O) groups excluding carboxylic acids is 1. The van der Waals surface area contributed by atoms with Crippen LogP contribution in [0.3, 0.4) is 0 Å². The number of benzene rings is 2. The predicted molar refractivity (Wildman–Crippen MR) is 114 cm³/mol. The average molecular weight is 438 g/mol. The number of fused-ring (bicyclic) bond motifs is 2. The average Bonchev–Trinajstić information content (AvgIpc) is 3.33. The Balaban J connectivity index is 1.42. The van der Waals surface area contributed by atoms with Crippen molar-refractivity contribution in [2.45, 2.75) is 6.54 Å². The largest absolute Gasteiger partial charge is 0.437 e. The van der Waals surface area contributed by atoms with Crippen LogP contribution >= 0.6 is 23.2 Å². The highest BCUT2D eigenvalue weighted by Gasteiger charge is 2.16. The van der Waals surface area contributed by atoms with Crippen molar-refractivity contribution in [1.29, 1.82) is 0 Å². The zero-order valence-electron chi connectivity index (χ0n) is 15.3. The second-order valence-electron chi connectivity index (χ2n) is 6.61. The summed E-state index contributed by atoms with van der Waals surface area (Å²) in [5.41, 5.74) is 2.79. The van der Waals surface area contributed by atoms with Crippen molar-refractivity contribution in [1.82, 2.24) is 24.5 Å². The van der Waals surface area contributed by atoms with Crippen LogP contribution in [0.2, 0.25) is 10.0 Å². The van der Waals surface area contributed by atoms with Crippen LogP contribution in [0.25, 0.3) is 21.9 Å². The lowest BCUT2D eigenvalue weighted by Gasteiger charge is -2.05. The van der Waals surface area contributed by atoms with Gasteiger partial charge in [0.2, 0.25) is 5.88 Å². The van der Waals surface area contributed by atoms with Crippen LogP contribution in [-0.2, 0) is 6.54 Å². The predicted octanol–water partition coefficient (Wildman–Crippen LogP) is 5.29. The molecule has 5 rings (SSSR count). The molecular formula is C21H13Cl2N5O2. The zero-order valence-corrected chi connectivity index (χ0v) is 16.9. The van der Waals surface area contributed by atoms with E-state index in [2.05, 4.69) is 19.9 Å². The first-order valence-corrected chi connectivity index (χ1v) is 9.72. The number of nitrogens with one attached hydrogen (secondary N) is 1. The van der Waals surface area contributed by atoms with Gasteiger partial charge < -0.3 is 14.3 Å². The summed E-state index contributed by atoms with van der Waals surface area (Å²) in [5.74, 6) is 0.927. The molecule has 3 heterocycles. The minimum Gasteiger partial charge on any atom is -0.437 e. The number of H-pyrrole nitrogens is 1. The number of hydrogen-bond acceptors (Lipinski definition) is 5. The molecule has 2 aromatic carbocycles. The lowest BCUT2D eigenvalue weighted by atomic mass is 10.1. The number of aromatic amines is 1. The molecule has 0 radical (unpaired) electrons. The molecular weight excluding hydrogens is 425 g/mol. The Labute approximate surface area is 180 Å². The minimum atomic E-state index is -0.0609.